The van der Waals surface area contributed by atoms with Crippen LogP contribution in [0.2, 0.25) is 0 Å². The van der Waals surface area contributed by atoms with E-state index in [4.69, 9.17) is 14.2 Å². The third kappa shape index (κ3) is 11.3. The zero-order chi connectivity index (χ0) is 40.3. The molecule has 0 N–H and O–H groups in total. The van der Waals surface area contributed by atoms with Crippen LogP contribution in [-0.2, 0) is 9.53 Å². The van der Waals surface area contributed by atoms with Crippen molar-refractivity contribution in [2.24, 2.45) is 46.3 Å². The summed E-state index contributed by atoms with van der Waals surface area (Å²) in [6.07, 6.45) is 25.0. The predicted octanol–water partition coefficient (Wildman–Crippen LogP) is 13.9. The lowest BCUT2D eigenvalue weighted by Gasteiger charge is -2.58. The third-order valence-corrected chi connectivity index (χ3v) is 15.2. The Balaban J connectivity index is 0.865. The number of esters is 1. The third-order valence-electron chi connectivity index (χ3n) is 15.2. The fourth-order valence-electron chi connectivity index (χ4n) is 11.9. The number of carbonyl (C=O) groups is 1. The van der Waals surface area contributed by atoms with Gasteiger partial charge in [0.15, 0.2) is 0 Å². The summed E-state index contributed by atoms with van der Waals surface area (Å²) in [5.74, 6) is 13.3. The van der Waals surface area contributed by atoms with Crippen molar-refractivity contribution >= 4 is 5.97 Å². The molecule has 0 amide bonds. The molecule has 2 aromatic carbocycles. The van der Waals surface area contributed by atoms with E-state index in [1.54, 1.807) is 5.57 Å². The van der Waals surface area contributed by atoms with E-state index in [-0.39, 0.29) is 17.5 Å². The van der Waals surface area contributed by atoms with E-state index < -0.39 is 0 Å². The van der Waals surface area contributed by atoms with Crippen LogP contribution in [-0.4, -0.2) is 25.3 Å². The minimum atomic E-state index is -0.0227. The summed E-state index contributed by atoms with van der Waals surface area (Å²) in [7, 11) is 0. The van der Waals surface area contributed by atoms with Gasteiger partial charge < -0.3 is 14.2 Å². The minimum Gasteiger partial charge on any atom is -0.494 e. The largest absolute Gasteiger partial charge is 0.494 e. The Labute approximate surface area is 347 Å². The molecule has 312 valence electrons. The molecule has 0 radical (unpaired) electrons. The van der Waals surface area contributed by atoms with Crippen LogP contribution in [0, 0.1) is 58.2 Å². The van der Waals surface area contributed by atoms with Crippen LogP contribution in [0.15, 0.2) is 60.2 Å². The molecule has 3 fully saturated rings. The second kappa shape index (κ2) is 20.7. The SMILES string of the molecule is CCCCCCOc1ccc(C#Cc2ccc(OCCCCCC(=O)O[C@H]3CC[C@@]4(C)C(=CC[C@H]5[C@@H]6CC[C@H]([C@H](C)CCCC(C)C)[C@@]6(C)CC[C@@H]54)C3)cc2)cc1. The highest BCUT2D eigenvalue weighted by Crippen LogP contribution is 2.67. The molecule has 3 saturated carbocycles. The van der Waals surface area contributed by atoms with E-state index in [1.807, 2.05) is 48.5 Å². The van der Waals surface area contributed by atoms with Crippen molar-refractivity contribution in [1.29, 1.82) is 0 Å². The number of carbonyl (C=O) groups excluding carboxylic acids is 1. The van der Waals surface area contributed by atoms with E-state index in [9.17, 15) is 4.79 Å². The number of ether oxygens (including phenoxy) is 3. The van der Waals surface area contributed by atoms with Gasteiger partial charge in [-0.1, -0.05) is 104 Å². The highest BCUT2D eigenvalue weighted by molar-refractivity contribution is 5.69. The Morgan fingerprint density at radius 1 is 0.737 bits per heavy atom. The van der Waals surface area contributed by atoms with Gasteiger partial charge in [0.25, 0.3) is 0 Å². The Morgan fingerprint density at radius 2 is 1.39 bits per heavy atom. The smallest absolute Gasteiger partial charge is 0.306 e. The van der Waals surface area contributed by atoms with E-state index in [0.29, 0.717) is 18.4 Å². The normalized spacial score (nSPS) is 28.3. The lowest BCUT2D eigenvalue weighted by atomic mass is 9.47. The summed E-state index contributed by atoms with van der Waals surface area (Å²) in [5.41, 5.74) is 4.35. The molecule has 0 spiro atoms. The average Bonchev–Trinajstić information content (AvgIpc) is 3.56. The fourth-order valence-corrected chi connectivity index (χ4v) is 11.9. The Morgan fingerprint density at radius 3 is 2.02 bits per heavy atom. The van der Waals surface area contributed by atoms with E-state index >= 15 is 0 Å². The van der Waals surface area contributed by atoms with Crippen molar-refractivity contribution in [3.05, 3.63) is 71.3 Å². The summed E-state index contributed by atoms with van der Waals surface area (Å²) in [5, 5.41) is 0. The molecule has 4 nitrogen and oxygen atoms in total. The van der Waals surface area contributed by atoms with E-state index in [2.05, 4.69) is 59.5 Å². The van der Waals surface area contributed by atoms with Crippen LogP contribution in [0.25, 0.3) is 0 Å². The molecule has 57 heavy (non-hydrogen) atoms. The molecule has 0 unspecified atom stereocenters. The summed E-state index contributed by atoms with van der Waals surface area (Å²) < 4.78 is 18.0. The van der Waals surface area contributed by atoms with Crippen LogP contribution in [0.4, 0.5) is 0 Å². The van der Waals surface area contributed by atoms with Crippen molar-refractivity contribution < 1.29 is 19.0 Å². The molecular weight excluding hydrogens is 701 g/mol. The molecule has 4 heteroatoms. The molecule has 8 atom stereocenters. The molecule has 4 aliphatic rings. The van der Waals surface area contributed by atoms with Crippen molar-refractivity contribution in [1.82, 2.24) is 0 Å². The number of rotatable bonds is 19. The Hall–Kier alpha value is -3.19. The molecule has 6 rings (SSSR count). The topological polar surface area (TPSA) is 44.8 Å². The zero-order valence-electron chi connectivity index (χ0n) is 36.7. The summed E-state index contributed by atoms with van der Waals surface area (Å²) >= 11 is 0. The Kier molecular flexibility index (Phi) is 15.7. The average molecular weight is 777 g/mol. The van der Waals surface area contributed by atoms with Gasteiger partial charge in [-0.2, -0.15) is 0 Å². The van der Waals surface area contributed by atoms with Crippen molar-refractivity contribution in [3.8, 4) is 23.3 Å². The molecule has 2 aromatic rings. The van der Waals surface area contributed by atoms with Crippen LogP contribution in [0.5, 0.6) is 11.5 Å². The fraction of sp³-hybridized carbons (Fsp3) is 0.679. The monoisotopic (exact) mass is 777 g/mol. The molecule has 0 aromatic heterocycles. The molecule has 0 saturated heterocycles. The Bertz CT molecular complexity index is 1640. The first-order valence-corrected chi connectivity index (χ1v) is 23.5. The number of hydrogen-bond donors (Lipinski definition) is 0. The number of benzene rings is 2. The van der Waals surface area contributed by atoms with Gasteiger partial charge in [0.1, 0.15) is 17.6 Å². The van der Waals surface area contributed by atoms with Crippen LogP contribution in [0.3, 0.4) is 0 Å². The first kappa shape index (κ1) is 43.4. The lowest BCUT2D eigenvalue weighted by molar-refractivity contribution is -0.151. The standard InChI is InChI=1S/C53H76O4/c1-7-8-9-12-36-55-44-25-20-41(21-26-44)18-19-42-22-27-45(28-23-42)56-37-13-10-11-17-51(54)57-46-32-34-52(5)43(38-46)24-29-47-49-31-30-48(40(4)16-14-15-39(2)3)53(49,6)35-33-50(47)52/h20-28,39-40,46-50H,7-17,29-38H2,1-6H3/t40-,46+,47+,48-,49+,50+,52+,53-/m1/s1. The molecule has 0 heterocycles. The maximum absolute atomic E-state index is 12.9. The van der Waals surface area contributed by atoms with E-state index in [1.165, 1.54) is 77.0 Å². The zero-order valence-corrected chi connectivity index (χ0v) is 36.7. The summed E-state index contributed by atoms with van der Waals surface area (Å²) in [6, 6.07) is 16.0. The maximum atomic E-state index is 12.9. The highest BCUT2D eigenvalue weighted by Gasteiger charge is 2.59. The van der Waals surface area contributed by atoms with Crippen LogP contribution < -0.4 is 9.47 Å². The van der Waals surface area contributed by atoms with Crippen molar-refractivity contribution in [3.63, 3.8) is 0 Å². The van der Waals surface area contributed by atoms with Crippen molar-refractivity contribution in [2.75, 3.05) is 13.2 Å². The van der Waals surface area contributed by atoms with Crippen LogP contribution >= 0.6 is 0 Å². The van der Waals surface area contributed by atoms with Gasteiger partial charge in [-0.15, -0.1) is 0 Å². The summed E-state index contributed by atoms with van der Waals surface area (Å²) in [4.78, 5) is 12.9. The van der Waals surface area contributed by atoms with Crippen LogP contribution in [0.1, 0.15) is 175 Å². The first-order valence-electron chi connectivity index (χ1n) is 23.5. The number of hydrogen-bond acceptors (Lipinski definition) is 4. The predicted molar refractivity (Wildman–Crippen MR) is 235 cm³/mol. The number of unbranched alkanes of at least 4 members (excludes halogenated alkanes) is 5. The number of fused-ring (bicyclic) bond motifs is 5. The summed E-state index contributed by atoms with van der Waals surface area (Å²) in [6.45, 7) is 16.2. The van der Waals surface area contributed by atoms with Gasteiger partial charge >= 0.3 is 5.97 Å². The quantitative estimate of drug-likeness (QED) is 0.0617. The van der Waals surface area contributed by atoms with Crippen molar-refractivity contribution in [2.45, 2.75) is 170 Å². The molecule has 0 bridgehead atoms. The van der Waals surface area contributed by atoms with E-state index in [0.717, 1.165) is 103 Å². The maximum Gasteiger partial charge on any atom is 0.306 e. The molecule has 0 aliphatic heterocycles. The van der Waals surface area contributed by atoms with Gasteiger partial charge in [-0.05, 0) is 165 Å². The number of allylic oxidation sites excluding steroid dienone is 1. The minimum absolute atomic E-state index is 0.0227. The lowest BCUT2D eigenvalue weighted by Crippen LogP contribution is -2.51. The second-order valence-electron chi connectivity index (χ2n) is 19.5. The van der Waals surface area contributed by atoms with Gasteiger partial charge in [0, 0.05) is 24.0 Å². The molecular formula is C53H76O4. The first-order chi connectivity index (χ1) is 27.6. The van der Waals surface area contributed by atoms with Gasteiger partial charge in [-0.25, -0.2) is 0 Å². The van der Waals surface area contributed by atoms with Gasteiger partial charge in [0.05, 0.1) is 13.2 Å². The van der Waals surface area contributed by atoms with Gasteiger partial charge in [0.2, 0.25) is 0 Å². The molecule has 4 aliphatic carbocycles. The second-order valence-corrected chi connectivity index (χ2v) is 19.5. The van der Waals surface area contributed by atoms with Gasteiger partial charge in [-0.3, -0.25) is 4.79 Å². The highest BCUT2D eigenvalue weighted by atomic mass is 16.5.